The molecule has 0 aliphatic heterocycles. The molecule has 1 aliphatic rings. The molecule has 0 amide bonds. The fourth-order valence-corrected chi connectivity index (χ4v) is 6.40. The summed E-state index contributed by atoms with van der Waals surface area (Å²) in [6, 6.07) is 10.6. The van der Waals surface area contributed by atoms with Crippen LogP contribution in [0.4, 0.5) is 14.5 Å². The molecular weight excluding hydrogens is 735 g/mol. The van der Waals surface area contributed by atoms with Gasteiger partial charge in [0.1, 0.15) is 21.8 Å². The number of likely N-dealkylation sites (N-methyl/N-ethyl adjacent to an activating group) is 1. The minimum absolute atomic E-state index is 0.0362. The van der Waals surface area contributed by atoms with Crippen LogP contribution in [0.25, 0.3) is 0 Å². The van der Waals surface area contributed by atoms with E-state index in [-0.39, 0.29) is 46.7 Å². The Bertz CT molecular complexity index is 1780. The Morgan fingerprint density at radius 3 is 2.27 bits per heavy atom. The van der Waals surface area contributed by atoms with Gasteiger partial charge in [0.2, 0.25) is 10.0 Å². The molecule has 1 atom stereocenters. The summed E-state index contributed by atoms with van der Waals surface area (Å²) >= 11 is 12.7. The number of pyridine rings is 1. The molecule has 4 rings (SSSR count). The predicted octanol–water partition coefficient (Wildman–Crippen LogP) is 6.06. The van der Waals surface area contributed by atoms with E-state index in [1.165, 1.54) is 30.3 Å². The number of carbonyl (C=O) groups excluding carboxylic acids is 2. The van der Waals surface area contributed by atoms with Gasteiger partial charge >= 0.3 is 18.6 Å². The molecule has 278 valence electrons. The maximum atomic E-state index is 13.3. The molecule has 0 bridgehead atoms. The van der Waals surface area contributed by atoms with E-state index in [1.54, 1.807) is 44.9 Å². The Balaban J connectivity index is 1.45. The van der Waals surface area contributed by atoms with Crippen molar-refractivity contribution in [1.82, 2.24) is 4.90 Å². The molecule has 17 heteroatoms. The topological polar surface area (TPSA) is 147 Å². The molecule has 0 unspecified atom stereocenters. The number of anilines is 1. The Morgan fingerprint density at radius 1 is 1.04 bits per heavy atom. The van der Waals surface area contributed by atoms with Crippen LogP contribution in [-0.4, -0.2) is 63.4 Å². The third kappa shape index (κ3) is 13.3. The number of aromatic nitrogens is 1. The zero-order chi connectivity index (χ0) is 37.5. The van der Waals surface area contributed by atoms with Gasteiger partial charge in [-0.1, -0.05) is 41.4 Å². The van der Waals surface area contributed by atoms with Crippen LogP contribution in [-0.2, 0) is 42.1 Å². The lowest BCUT2D eigenvalue weighted by Gasteiger charge is -2.23. The second-order valence-electron chi connectivity index (χ2n) is 13.1. The van der Waals surface area contributed by atoms with Crippen molar-refractivity contribution < 1.29 is 50.5 Å². The van der Waals surface area contributed by atoms with Crippen molar-refractivity contribution >= 4 is 50.9 Å². The van der Waals surface area contributed by atoms with E-state index in [0.29, 0.717) is 28.4 Å². The molecule has 12 nitrogen and oxygen atoms in total. The van der Waals surface area contributed by atoms with Gasteiger partial charge in [-0.05, 0) is 82.0 Å². The van der Waals surface area contributed by atoms with Crippen LogP contribution in [0.1, 0.15) is 56.4 Å². The van der Waals surface area contributed by atoms with Crippen molar-refractivity contribution in [1.29, 1.82) is 0 Å². The molecule has 1 fully saturated rings. The van der Waals surface area contributed by atoms with E-state index >= 15 is 0 Å². The first kappa shape index (κ1) is 39.9. The number of sulfonamides is 1. The molecular formula is C34H39Cl2F2N3O9S. The zero-order valence-electron chi connectivity index (χ0n) is 28.4. The normalized spacial score (nSPS) is 13.9. The molecule has 1 saturated carbocycles. The lowest BCUT2D eigenvalue weighted by Crippen LogP contribution is -2.30. The number of carbonyl (C=O) groups is 2. The summed E-state index contributed by atoms with van der Waals surface area (Å²) in [4.78, 5) is 26.9. The highest BCUT2D eigenvalue weighted by Crippen LogP contribution is 2.38. The van der Waals surface area contributed by atoms with Crippen molar-refractivity contribution in [2.75, 3.05) is 30.7 Å². The molecule has 3 aromatic rings. The summed E-state index contributed by atoms with van der Waals surface area (Å²) in [7, 11) is -2.34. The van der Waals surface area contributed by atoms with Gasteiger partial charge in [-0.3, -0.25) is 19.2 Å². The molecule has 1 heterocycles. The number of ether oxygens (including phenoxy) is 4. The highest BCUT2D eigenvalue weighted by Gasteiger charge is 2.27. The monoisotopic (exact) mass is 773 g/mol. The lowest BCUT2D eigenvalue weighted by molar-refractivity contribution is -0.605. The van der Waals surface area contributed by atoms with Crippen LogP contribution < -0.4 is 18.9 Å². The van der Waals surface area contributed by atoms with Crippen molar-refractivity contribution in [3.8, 4) is 11.5 Å². The van der Waals surface area contributed by atoms with Crippen molar-refractivity contribution in [2.45, 2.75) is 64.9 Å². The first-order valence-corrected chi connectivity index (χ1v) is 18.2. The fourth-order valence-electron chi connectivity index (χ4n) is 4.87. The minimum Gasteiger partial charge on any atom is -0.619 e. The summed E-state index contributed by atoms with van der Waals surface area (Å²) in [6.07, 6.45) is 3.05. The molecule has 0 radical (unpaired) electrons. The maximum Gasteiger partial charge on any atom is 0.387 e. The molecule has 51 heavy (non-hydrogen) atoms. The third-order valence-corrected chi connectivity index (χ3v) is 9.07. The standard InChI is InChI=1S/C34H39Cl2F2N3O9S/c1-34(2,3)50-32(43)20-51(45,46)39-24-10-7-21(8-11-24)15-40(4)18-31(42)48-29(14-25-26(35)16-41(44)17-27(25)36)23-9-12-28(49-33(37)38)30(13-23)47-19-22-5-6-22/h7-13,16-17,22,29,33,39H,5-6,14-15,18-20H2,1-4H3/t29-/m0/s1. The maximum absolute atomic E-state index is 13.3. The number of rotatable bonds is 17. The van der Waals surface area contributed by atoms with Gasteiger partial charge in [-0.15, -0.1) is 0 Å². The van der Waals surface area contributed by atoms with E-state index in [2.05, 4.69) is 9.46 Å². The average molecular weight is 775 g/mol. The smallest absolute Gasteiger partial charge is 0.387 e. The number of benzene rings is 2. The van der Waals surface area contributed by atoms with Gasteiger partial charge in [0.15, 0.2) is 29.6 Å². The quantitative estimate of drug-likeness (QED) is 0.0976. The second kappa shape index (κ2) is 17.1. The van der Waals surface area contributed by atoms with Gasteiger partial charge in [-0.25, -0.2) is 8.42 Å². The number of nitrogens with zero attached hydrogens (tertiary/aromatic N) is 2. The van der Waals surface area contributed by atoms with Gasteiger partial charge in [0.05, 0.1) is 13.2 Å². The fraction of sp³-hybridized carbons (Fsp3) is 0.441. The first-order chi connectivity index (χ1) is 23.9. The van der Waals surface area contributed by atoms with E-state index in [4.69, 9.17) is 37.4 Å². The van der Waals surface area contributed by atoms with Crippen LogP contribution in [0.2, 0.25) is 10.0 Å². The number of nitrogens with one attached hydrogen (secondary N) is 1. The van der Waals surface area contributed by atoms with Crippen molar-refractivity contribution in [2.24, 2.45) is 5.92 Å². The Kier molecular flexibility index (Phi) is 13.3. The number of halogens is 4. The van der Waals surface area contributed by atoms with Gasteiger partial charge in [0, 0.05) is 24.2 Å². The summed E-state index contributed by atoms with van der Waals surface area (Å²) < 4.78 is 75.4. The van der Waals surface area contributed by atoms with E-state index in [0.717, 1.165) is 30.8 Å². The SMILES string of the molecule is CN(CC(=O)O[C@@H](Cc1c(Cl)c[n+]([O-])cc1Cl)c1ccc(OC(F)F)c(OCC2CC2)c1)Cc1ccc(NS(=O)(=O)CC(=O)OC(C)(C)C)cc1. The molecule has 0 spiro atoms. The van der Waals surface area contributed by atoms with Crippen molar-refractivity contribution in [3.05, 3.63) is 86.8 Å². The Hall–Kier alpha value is -3.92. The van der Waals surface area contributed by atoms with Crippen LogP contribution in [0.5, 0.6) is 11.5 Å². The largest absolute Gasteiger partial charge is 0.619 e. The Labute approximate surface area is 305 Å². The summed E-state index contributed by atoms with van der Waals surface area (Å²) in [5.74, 6) is -2.19. The zero-order valence-corrected chi connectivity index (χ0v) is 30.7. The predicted molar refractivity (Wildman–Crippen MR) is 185 cm³/mol. The van der Waals surface area contributed by atoms with Crippen LogP contribution in [0.3, 0.4) is 0 Å². The van der Waals surface area contributed by atoms with E-state index in [9.17, 15) is 32.0 Å². The lowest BCUT2D eigenvalue weighted by atomic mass is 10.0. The molecule has 0 saturated heterocycles. The van der Waals surface area contributed by atoms with Crippen LogP contribution in [0, 0.1) is 11.1 Å². The number of hydrogen-bond donors (Lipinski definition) is 1. The van der Waals surface area contributed by atoms with E-state index < -0.39 is 46.0 Å². The van der Waals surface area contributed by atoms with Gasteiger partial charge < -0.3 is 24.2 Å². The molecule has 2 aromatic carbocycles. The summed E-state index contributed by atoms with van der Waals surface area (Å²) in [6.45, 7) is 2.20. The average Bonchev–Trinajstić information content (AvgIpc) is 3.81. The third-order valence-electron chi connectivity index (χ3n) is 7.25. The van der Waals surface area contributed by atoms with Crippen LogP contribution >= 0.6 is 23.2 Å². The highest BCUT2D eigenvalue weighted by molar-refractivity contribution is 7.93. The molecule has 1 aromatic heterocycles. The molecule has 1 aliphatic carbocycles. The molecule has 1 N–H and O–H groups in total. The number of esters is 2. The van der Waals surface area contributed by atoms with Gasteiger partial charge in [-0.2, -0.15) is 13.5 Å². The summed E-state index contributed by atoms with van der Waals surface area (Å²) in [5, 5.41) is 11.9. The first-order valence-electron chi connectivity index (χ1n) is 15.8. The number of alkyl halides is 2. The van der Waals surface area contributed by atoms with Gasteiger partial charge in [0.25, 0.3) is 0 Å². The van der Waals surface area contributed by atoms with Crippen LogP contribution in [0.15, 0.2) is 54.9 Å². The second-order valence-corrected chi connectivity index (χ2v) is 15.7. The van der Waals surface area contributed by atoms with Crippen molar-refractivity contribution in [3.63, 3.8) is 0 Å². The minimum atomic E-state index is -4.02. The highest BCUT2D eigenvalue weighted by atomic mass is 35.5. The van der Waals surface area contributed by atoms with E-state index in [1.807, 2.05) is 0 Å². The Morgan fingerprint density at radius 2 is 1.69 bits per heavy atom. The summed E-state index contributed by atoms with van der Waals surface area (Å²) in [5.41, 5.74) is 0.850. The number of hydrogen-bond acceptors (Lipinski definition) is 10.